The van der Waals surface area contributed by atoms with Gasteiger partial charge in [0.15, 0.2) is 0 Å². The molecular weight excluding hydrogens is 399 g/mol. The molecule has 1 N–H and O–H groups in total. The van der Waals surface area contributed by atoms with Crippen LogP contribution in [-0.4, -0.2) is 47.4 Å². The summed E-state index contributed by atoms with van der Waals surface area (Å²) in [6, 6.07) is 12.3. The molecule has 0 aliphatic rings. The first kappa shape index (κ1) is 22.5. The minimum absolute atomic E-state index is 0.179. The lowest BCUT2D eigenvalue weighted by molar-refractivity contribution is -0.121. The topological polar surface area (TPSA) is 84.9 Å². The molecule has 0 aromatic heterocycles. The minimum Gasteiger partial charge on any atom is -0.497 e. The summed E-state index contributed by atoms with van der Waals surface area (Å²) in [4.78, 5) is 11.9. The molecule has 0 spiro atoms. The summed E-state index contributed by atoms with van der Waals surface area (Å²) < 4.78 is 48.7. The van der Waals surface area contributed by atoms with Gasteiger partial charge in [-0.1, -0.05) is 0 Å². The maximum absolute atomic E-state index is 12.8. The number of methoxy groups -OCH3 is 1. The van der Waals surface area contributed by atoms with Crippen LogP contribution in [0.2, 0.25) is 0 Å². The Balaban J connectivity index is 1.75. The molecular formula is C20H25FN2O5S. The fourth-order valence-electron chi connectivity index (χ4n) is 2.60. The molecule has 0 atom stereocenters. The van der Waals surface area contributed by atoms with Gasteiger partial charge < -0.3 is 14.8 Å². The number of nitrogens with zero attached hydrogens (tertiary/aromatic N) is 1. The van der Waals surface area contributed by atoms with E-state index in [4.69, 9.17) is 9.47 Å². The first-order valence-electron chi connectivity index (χ1n) is 9.06. The first-order chi connectivity index (χ1) is 13.8. The van der Waals surface area contributed by atoms with E-state index in [-0.39, 0.29) is 31.3 Å². The van der Waals surface area contributed by atoms with Crippen molar-refractivity contribution in [3.05, 3.63) is 54.3 Å². The lowest BCUT2D eigenvalue weighted by Crippen LogP contribution is -2.32. The van der Waals surface area contributed by atoms with Crippen molar-refractivity contribution in [2.75, 3.05) is 37.4 Å². The van der Waals surface area contributed by atoms with Crippen molar-refractivity contribution in [3.63, 3.8) is 0 Å². The molecule has 0 saturated heterocycles. The summed E-state index contributed by atoms with van der Waals surface area (Å²) in [5.41, 5.74) is 0.515. The SMILES string of the molecule is COc1ccc(N(CCCC(=O)NCCOc2ccc(F)cc2)S(C)(=O)=O)cc1. The third kappa shape index (κ3) is 7.61. The van der Waals surface area contributed by atoms with Crippen LogP contribution in [0.4, 0.5) is 10.1 Å². The van der Waals surface area contributed by atoms with Crippen molar-refractivity contribution in [1.29, 1.82) is 0 Å². The first-order valence-corrected chi connectivity index (χ1v) is 10.9. The van der Waals surface area contributed by atoms with Crippen molar-refractivity contribution < 1.29 is 27.1 Å². The molecule has 0 bridgehead atoms. The summed E-state index contributed by atoms with van der Waals surface area (Å²) in [5, 5.41) is 2.71. The maximum atomic E-state index is 12.8. The Bertz CT molecular complexity index is 886. The highest BCUT2D eigenvalue weighted by atomic mass is 32.2. The molecule has 2 aromatic rings. The van der Waals surface area contributed by atoms with Gasteiger partial charge in [0.1, 0.15) is 23.9 Å². The average Bonchev–Trinajstić information content (AvgIpc) is 2.69. The molecule has 7 nitrogen and oxygen atoms in total. The average molecular weight is 424 g/mol. The Hall–Kier alpha value is -2.81. The predicted octanol–water partition coefficient (Wildman–Crippen LogP) is 2.58. The van der Waals surface area contributed by atoms with Crippen LogP contribution in [0.15, 0.2) is 48.5 Å². The number of hydrogen-bond donors (Lipinski definition) is 1. The van der Waals surface area contributed by atoms with Gasteiger partial charge in [-0.05, 0) is 55.0 Å². The molecule has 0 fully saturated rings. The van der Waals surface area contributed by atoms with E-state index in [0.29, 0.717) is 30.2 Å². The number of amides is 1. The number of anilines is 1. The Morgan fingerprint density at radius 3 is 2.28 bits per heavy atom. The molecule has 29 heavy (non-hydrogen) atoms. The van der Waals surface area contributed by atoms with Gasteiger partial charge >= 0.3 is 0 Å². The Kier molecular flexibility index (Phi) is 8.26. The molecule has 1 amide bonds. The maximum Gasteiger partial charge on any atom is 0.232 e. The van der Waals surface area contributed by atoms with Gasteiger partial charge in [0.2, 0.25) is 15.9 Å². The third-order valence-corrected chi connectivity index (χ3v) is 5.23. The van der Waals surface area contributed by atoms with Crippen LogP contribution in [0.25, 0.3) is 0 Å². The lowest BCUT2D eigenvalue weighted by atomic mass is 10.2. The second-order valence-electron chi connectivity index (χ2n) is 6.29. The Morgan fingerprint density at radius 1 is 1.07 bits per heavy atom. The monoisotopic (exact) mass is 424 g/mol. The van der Waals surface area contributed by atoms with Gasteiger partial charge in [0.25, 0.3) is 0 Å². The minimum atomic E-state index is -3.48. The van der Waals surface area contributed by atoms with Crippen LogP contribution >= 0.6 is 0 Å². The van der Waals surface area contributed by atoms with Crippen LogP contribution in [0.1, 0.15) is 12.8 Å². The molecule has 158 valence electrons. The van der Waals surface area contributed by atoms with Gasteiger partial charge in [-0.2, -0.15) is 0 Å². The van der Waals surface area contributed by atoms with Crippen LogP contribution in [-0.2, 0) is 14.8 Å². The molecule has 0 radical (unpaired) electrons. The highest BCUT2D eigenvalue weighted by Crippen LogP contribution is 2.21. The van der Waals surface area contributed by atoms with Crippen LogP contribution < -0.4 is 19.1 Å². The predicted molar refractivity (Wildman–Crippen MR) is 109 cm³/mol. The number of halogens is 1. The number of benzene rings is 2. The third-order valence-electron chi connectivity index (χ3n) is 4.03. The van der Waals surface area contributed by atoms with E-state index in [0.717, 1.165) is 6.26 Å². The second kappa shape index (κ2) is 10.7. The normalized spacial score (nSPS) is 11.0. The number of hydrogen-bond acceptors (Lipinski definition) is 5. The smallest absolute Gasteiger partial charge is 0.232 e. The summed E-state index contributed by atoms with van der Waals surface area (Å²) >= 11 is 0. The van der Waals surface area contributed by atoms with E-state index in [1.165, 1.54) is 35.7 Å². The van der Waals surface area contributed by atoms with Gasteiger partial charge in [-0.25, -0.2) is 12.8 Å². The zero-order valence-electron chi connectivity index (χ0n) is 16.4. The van der Waals surface area contributed by atoms with Crippen molar-refractivity contribution in [2.24, 2.45) is 0 Å². The van der Waals surface area contributed by atoms with Crippen LogP contribution in [0, 0.1) is 5.82 Å². The van der Waals surface area contributed by atoms with Crippen LogP contribution in [0.3, 0.4) is 0 Å². The van der Waals surface area contributed by atoms with Crippen LogP contribution in [0.5, 0.6) is 11.5 Å². The summed E-state index contributed by atoms with van der Waals surface area (Å²) in [6.45, 7) is 0.730. The van der Waals surface area contributed by atoms with Crippen molar-refractivity contribution in [2.45, 2.75) is 12.8 Å². The molecule has 0 aliphatic heterocycles. The molecule has 9 heteroatoms. The van der Waals surface area contributed by atoms with Gasteiger partial charge in [-0.15, -0.1) is 0 Å². The zero-order valence-corrected chi connectivity index (χ0v) is 17.2. The van der Waals surface area contributed by atoms with Gasteiger partial charge in [0, 0.05) is 13.0 Å². The number of carbonyl (C=O) groups is 1. The Labute approximate surface area is 170 Å². The fourth-order valence-corrected chi connectivity index (χ4v) is 3.56. The highest BCUT2D eigenvalue weighted by molar-refractivity contribution is 7.92. The zero-order chi connectivity index (χ0) is 21.3. The van der Waals surface area contributed by atoms with E-state index < -0.39 is 10.0 Å². The lowest BCUT2D eigenvalue weighted by Gasteiger charge is -2.22. The summed E-state index contributed by atoms with van der Waals surface area (Å²) in [7, 11) is -1.94. The summed E-state index contributed by atoms with van der Waals surface area (Å²) in [5.74, 6) is 0.604. The molecule has 0 aliphatic carbocycles. The van der Waals surface area contributed by atoms with Crippen molar-refractivity contribution in [1.82, 2.24) is 5.32 Å². The summed E-state index contributed by atoms with van der Waals surface area (Å²) in [6.07, 6.45) is 1.67. The van der Waals surface area contributed by atoms with E-state index in [1.807, 2.05) is 0 Å². The van der Waals surface area contributed by atoms with E-state index in [9.17, 15) is 17.6 Å². The number of carbonyl (C=O) groups excluding carboxylic acids is 1. The molecule has 2 aromatic carbocycles. The van der Waals surface area contributed by atoms with E-state index >= 15 is 0 Å². The molecule has 0 unspecified atom stereocenters. The fraction of sp³-hybridized carbons (Fsp3) is 0.350. The quantitative estimate of drug-likeness (QED) is 0.561. The molecule has 0 saturated carbocycles. The number of nitrogens with one attached hydrogen (secondary N) is 1. The van der Waals surface area contributed by atoms with Gasteiger partial charge in [-0.3, -0.25) is 9.10 Å². The van der Waals surface area contributed by atoms with Crippen molar-refractivity contribution in [3.8, 4) is 11.5 Å². The number of rotatable bonds is 11. The molecule has 0 heterocycles. The van der Waals surface area contributed by atoms with E-state index in [2.05, 4.69) is 5.32 Å². The van der Waals surface area contributed by atoms with Gasteiger partial charge in [0.05, 0.1) is 25.6 Å². The Morgan fingerprint density at radius 2 is 1.69 bits per heavy atom. The molecule has 2 rings (SSSR count). The number of ether oxygens (including phenoxy) is 2. The van der Waals surface area contributed by atoms with Crippen molar-refractivity contribution >= 4 is 21.6 Å². The van der Waals surface area contributed by atoms with E-state index in [1.54, 1.807) is 24.3 Å². The largest absolute Gasteiger partial charge is 0.497 e. The number of sulfonamides is 1. The second-order valence-corrected chi connectivity index (χ2v) is 8.20. The highest BCUT2D eigenvalue weighted by Gasteiger charge is 2.17. The standard InChI is InChI=1S/C20H25FN2O5S/c1-27-18-11-7-17(8-12-18)23(29(2,25)26)14-3-4-20(24)22-13-15-28-19-9-5-16(21)6-10-19/h5-12H,3-4,13-15H2,1-2H3,(H,22,24).